The summed E-state index contributed by atoms with van der Waals surface area (Å²) in [5.74, 6) is 0.629. The second-order valence-corrected chi connectivity index (χ2v) is 6.10. The lowest BCUT2D eigenvalue weighted by Gasteiger charge is -2.27. The van der Waals surface area contributed by atoms with Crippen LogP contribution in [-0.4, -0.2) is 0 Å². The standard InChI is InChI=1S/C19H24/c1-16(17-10-6-4-7-11-17)14-15-19(2,3)18-12-8-5-9-13-18/h4-13,16H,14-15H2,1-3H3. The molecule has 19 heavy (non-hydrogen) atoms. The monoisotopic (exact) mass is 252 g/mol. The van der Waals surface area contributed by atoms with Crippen molar-refractivity contribution in [1.82, 2.24) is 0 Å². The van der Waals surface area contributed by atoms with Gasteiger partial charge in [-0.15, -0.1) is 0 Å². The summed E-state index contributed by atoms with van der Waals surface area (Å²) in [6.45, 7) is 7.02. The Morgan fingerprint density at radius 1 is 0.842 bits per heavy atom. The molecule has 0 heterocycles. The zero-order valence-corrected chi connectivity index (χ0v) is 12.3. The third-order valence-corrected chi connectivity index (χ3v) is 4.13. The van der Waals surface area contributed by atoms with Crippen molar-refractivity contribution in [2.45, 2.75) is 44.9 Å². The van der Waals surface area contributed by atoms with Crippen molar-refractivity contribution < 1.29 is 0 Å². The van der Waals surface area contributed by atoms with Crippen molar-refractivity contribution in [2.75, 3.05) is 0 Å². The predicted octanol–water partition coefficient (Wildman–Crippen LogP) is 5.55. The largest absolute Gasteiger partial charge is 0.0622 e. The molecule has 0 aliphatic rings. The van der Waals surface area contributed by atoms with E-state index in [2.05, 4.69) is 81.4 Å². The predicted molar refractivity (Wildman–Crippen MR) is 83.6 cm³/mol. The lowest BCUT2D eigenvalue weighted by atomic mass is 9.78. The zero-order valence-electron chi connectivity index (χ0n) is 12.3. The van der Waals surface area contributed by atoms with Gasteiger partial charge in [-0.3, -0.25) is 0 Å². The van der Waals surface area contributed by atoms with Crippen LogP contribution in [0, 0.1) is 0 Å². The van der Waals surface area contributed by atoms with Crippen LogP contribution in [0.3, 0.4) is 0 Å². The van der Waals surface area contributed by atoms with Gasteiger partial charge in [0.1, 0.15) is 0 Å². The summed E-state index contributed by atoms with van der Waals surface area (Å²) in [7, 11) is 0. The van der Waals surface area contributed by atoms with E-state index < -0.39 is 0 Å². The molecule has 0 N–H and O–H groups in total. The molecule has 0 aliphatic heterocycles. The van der Waals surface area contributed by atoms with E-state index in [4.69, 9.17) is 0 Å². The maximum Gasteiger partial charge on any atom is -0.0103 e. The minimum atomic E-state index is 0.254. The molecule has 0 spiro atoms. The summed E-state index contributed by atoms with van der Waals surface area (Å²) in [5.41, 5.74) is 3.14. The first-order valence-electron chi connectivity index (χ1n) is 7.20. The zero-order chi connectivity index (χ0) is 13.7. The van der Waals surface area contributed by atoms with E-state index >= 15 is 0 Å². The van der Waals surface area contributed by atoms with Crippen LogP contribution in [0.2, 0.25) is 0 Å². The van der Waals surface area contributed by atoms with Crippen molar-refractivity contribution in [3.63, 3.8) is 0 Å². The van der Waals surface area contributed by atoms with Crippen LogP contribution in [-0.2, 0) is 5.41 Å². The third kappa shape index (κ3) is 3.70. The molecule has 0 amide bonds. The fraction of sp³-hybridized carbons (Fsp3) is 0.368. The molecule has 0 radical (unpaired) electrons. The first-order chi connectivity index (χ1) is 9.09. The van der Waals surface area contributed by atoms with E-state index in [9.17, 15) is 0 Å². The van der Waals surface area contributed by atoms with Crippen molar-refractivity contribution in [1.29, 1.82) is 0 Å². The summed E-state index contributed by atoms with van der Waals surface area (Å²) in [6.07, 6.45) is 2.44. The molecular weight excluding hydrogens is 228 g/mol. The maximum absolute atomic E-state index is 2.35. The van der Waals surface area contributed by atoms with E-state index in [-0.39, 0.29) is 5.41 Å². The first kappa shape index (κ1) is 13.9. The molecule has 0 aromatic heterocycles. The number of hydrogen-bond donors (Lipinski definition) is 0. The summed E-state index contributed by atoms with van der Waals surface area (Å²) in [6, 6.07) is 21.7. The summed E-state index contributed by atoms with van der Waals surface area (Å²) < 4.78 is 0. The van der Waals surface area contributed by atoms with Crippen LogP contribution in [0.5, 0.6) is 0 Å². The molecule has 2 aromatic rings. The smallest absolute Gasteiger partial charge is 0.0103 e. The molecule has 1 atom stereocenters. The fourth-order valence-corrected chi connectivity index (χ4v) is 2.56. The molecule has 2 aromatic carbocycles. The average molecular weight is 252 g/mol. The number of benzene rings is 2. The normalized spacial score (nSPS) is 13.2. The Morgan fingerprint density at radius 3 is 1.95 bits per heavy atom. The van der Waals surface area contributed by atoms with E-state index in [0.717, 1.165) is 0 Å². The second kappa shape index (κ2) is 6.06. The Bertz CT molecular complexity index is 482. The second-order valence-electron chi connectivity index (χ2n) is 6.10. The molecule has 1 unspecified atom stereocenters. The Morgan fingerprint density at radius 2 is 1.37 bits per heavy atom. The van der Waals surface area contributed by atoms with Gasteiger partial charge in [0.15, 0.2) is 0 Å². The molecule has 0 aliphatic carbocycles. The van der Waals surface area contributed by atoms with E-state index in [1.54, 1.807) is 0 Å². The van der Waals surface area contributed by atoms with Gasteiger partial charge in [-0.1, -0.05) is 81.4 Å². The Labute approximate surface area is 117 Å². The van der Waals surface area contributed by atoms with Crippen LogP contribution in [0.25, 0.3) is 0 Å². The molecule has 0 saturated carbocycles. The molecule has 100 valence electrons. The molecule has 0 nitrogen and oxygen atoms in total. The van der Waals surface area contributed by atoms with Crippen molar-refractivity contribution >= 4 is 0 Å². The minimum Gasteiger partial charge on any atom is -0.0622 e. The highest BCUT2D eigenvalue weighted by Gasteiger charge is 2.21. The minimum absolute atomic E-state index is 0.254. The van der Waals surface area contributed by atoms with Crippen LogP contribution < -0.4 is 0 Å². The highest BCUT2D eigenvalue weighted by atomic mass is 14.3. The Kier molecular flexibility index (Phi) is 4.42. The van der Waals surface area contributed by atoms with Gasteiger partial charge in [0.25, 0.3) is 0 Å². The molecule has 0 fully saturated rings. The quantitative estimate of drug-likeness (QED) is 0.654. The van der Waals surface area contributed by atoms with Crippen molar-refractivity contribution in [2.24, 2.45) is 0 Å². The topological polar surface area (TPSA) is 0 Å². The van der Waals surface area contributed by atoms with Gasteiger partial charge in [-0.2, -0.15) is 0 Å². The van der Waals surface area contributed by atoms with Gasteiger partial charge in [0, 0.05) is 0 Å². The van der Waals surface area contributed by atoms with Gasteiger partial charge in [-0.25, -0.2) is 0 Å². The highest BCUT2D eigenvalue weighted by Crippen LogP contribution is 2.32. The number of hydrogen-bond acceptors (Lipinski definition) is 0. The van der Waals surface area contributed by atoms with E-state index in [1.165, 1.54) is 24.0 Å². The molecule has 0 heteroatoms. The Hall–Kier alpha value is -1.56. The first-order valence-corrected chi connectivity index (χ1v) is 7.20. The number of rotatable bonds is 5. The van der Waals surface area contributed by atoms with E-state index in [1.807, 2.05) is 0 Å². The van der Waals surface area contributed by atoms with Crippen LogP contribution in [0.4, 0.5) is 0 Å². The fourth-order valence-electron chi connectivity index (χ4n) is 2.56. The van der Waals surface area contributed by atoms with Crippen LogP contribution >= 0.6 is 0 Å². The maximum atomic E-state index is 2.35. The summed E-state index contributed by atoms with van der Waals surface area (Å²) >= 11 is 0. The van der Waals surface area contributed by atoms with Crippen LogP contribution in [0.15, 0.2) is 60.7 Å². The third-order valence-electron chi connectivity index (χ3n) is 4.13. The summed E-state index contributed by atoms with van der Waals surface area (Å²) in [5, 5.41) is 0. The van der Waals surface area contributed by atoms with Crippen molar-refractivity contribution in [3.8, 4) is 0 Å². The van der Waals surface area contributed by atoms with Crippen LogP contribution in [0.1, 0.15) is 50.7 Å². The van der Waals surface area contributed by atoms with Gasteiger partial charge in [0.05, 0.1) is 0 Å². The van der Waals surface area contributed by atoms with Gasteiger partial charge < -0.3 is 0 Å². The van der Waals surface area contributed by atoms with Crippen molar-refractivity contribution in [3.05, 3.63) is 71.8 Å². The van der Waals surface area contributed by atoms with Gasteiger partial charge >= 0.3 is 0 Å². The molecule has 2 rings (SSSR count). The van der Waals surface area contributed by atoms with Gasteiger partial charge in [0.2, 0.25) is 0 Å². The average Bonchev–Trinajstić information content (AvgIpc) is 2.47. The molecule has 0 saturated heterocycles. The molecule has 0 bridgehead atoms. The lowest BCUT2D eigenvalue weighted by Crippen LogP contribution is -2.17. The highest BCUT2D eigenvalue weighted by molar-refractivity contribution is 5.24. The van der Waals surface area contributed by atoms with E-state index in [0.29, 0.717) is 5.92 Å². The van der Waals surface area contributed by atoms with Gasteiger partial charge in [-0.05, 0) is 35.3 Å². The lowest BCUT2D eigenvalue weighted by molar-refractivity contribution is 0.439. The summed E-state index contributed by atoms with van der Waals surface area (Å²) in [4.78, 5) is 0. The Balaban J connectivity index is 1.99. The SMILES string of the molecule is CC(CCC(C)(C)c1ccccc1)c1ccccc1. The molecular formula is C19H24.